The number of benzene rings is 2. The standard InChI is InChI=1S/C22H24N4O2/c1-14(2)20-25-21(28-26-20)17-10-12-18(13-11-17)23-22(27)24-19(16-8-9-16)15-6-4-3-5-7-15/h3-7,10-14,16,19H,8-9H2,1-2H3,(H2,23,24,27). The van der Waals surface area contributed by atoms with Gasteiger partial charge in [0.15, 0.2) is 5.82 Å². The van der Waals surface area contributed by atoms with Gasteiger partial charge in [0.1, 0.15) is 0 Å². The summed E-state index contributed by atoms with van der Waals surface area (Å²) in [5.74, 6) is 1.90. The van der Waals surface area contributed by atoms with Gasteiger partial charge in [-0.1, -0.05) is 49.3 Å². The highest BCUT2D eigenvalue weighted by Gasteiger charge is 2.33. The van der Waals surface area contributed by atoms with Crippen molar-refractivity contribution in [3.8, 4) is 11.5 Å². The second-order valence-electron chi connectivity index (χ2n) is 7.51. The number of rotatable bonds is 6. The van der Waals surface area contributed by atoms with Crippen molar-refractivity contribution < 1.29 is 9.32 Å². The maximum absolute atomic E-state index is 12.5. The minimum absolute atomic E-state index is 0.0494. The van der Waals surface area contributed by atoms with Crippen molar-refractivity contribution in [3.63, 3.8) is 0 Å². The molecule has 0 radical (unpaired) electrons. The predicted molar refractivity (Wildman–Crippen MR) is 108 cm³/mol. The molecule has 1 atom stereocenters. The lowest BCUT2D eigenvalue weighted by molar-refractivity contribution is 0.247. The van der Waals surface area contributed by atoms with Gasteiger partial charge in [-0.25, -0.2) is 4.79 Å². The zero-order chi connectivity index (χ0) is 19.5. The molecule has 0 spiro atoms. The van der Waals surface area contributed by atoms with Gasteiger partial charge in [0.05, 0.1) is 6.04 Å². The van der Waals surface area contributed by atoms with Crippen LogP contribution in [0.3, 0.4) is 0 Å². The van der Waals surface area contributed by atoms with Crippen LogP contribution in [0.5, 0.6) is 0 Å². The molecule has 28 heavy (non-hydrogen) atoms. The molecule has 1 saturated carbocycles. The Morgan fingerprint density at radius 3 is 2.39 bits per heavy atom. The number of aromatic nitrogens is 2. The van der Waals surface area contributed by atoms with Crippen LogP contribution in [0.25, 0.3) is 11.5 Å². The summed E-state index contributed by atoms with van der Waals surface area (Å²) >= 11 is 0. The summed E-state index contributed by atoms with van der Waals surface area (Å²) < 4.78 is 5.31. The van der Waals surface area contributed by atoms with Gasteiger partial charge in [0, 0.05) is 17.2 Å². The molecule has 2 amide bonds. The number of anilines is 1. The van der Waals surface area contributed by atoms with Gasteiger partial charge in [-0.05, 0) is 48.6 Å². The summed E-state index contributed by atoms with van der Waals surface area (Å²) in [6, 6.07) is 17.4. The van der Waals surface area contributed by atoms with Gasteiger partial charge in [0.25, 0.3) is 5.89 Å². The number of urea groups is 1. The molecule has 1 fully saturated rings. The molecule has 1 unspecified atom stereocenters. The predicted octanol–water partition coefficient (Wildman–Crippen LogP) is 5.13. The molecule has 1 aromatic heterocycles. The SMILES string of the molecule is CC(C)c1noc(-c2ccc(NC(=O)NC(c3ccccc3)C3CC3)cc2)n1. The van der Waals surface area contributed by atoms with Crippen molar-refractivity contribution in [1.29, 1.82) is 0 Å². The maximum atomic E-state index is 12.5. The number of carbonyl (C=O) groups is 1. The molecule has 1 aliphatic rings. The first-order chi connectivity index (χ1) is 13.6. The molecule has 0 bridgehead atoms. The summed E-state index contributed by atoms with van der Waals surface area (Å²) in [6.07, 6.45) is 2.30. The van der Waals surface area contributed by atoms with Crippen molar-refractivity contribution in [2.75, 3.05) is 5.32 Å². The smallest absolute Gasteiger partial charge is 0.319 e. The van der Waals surface area contributed by atoms with E-state index in [0.717, 1.165) is 24.0 Å². The Labute approximate surface area is 164 Å². The second-order valence-corrected chi connectivity index (χ2v) is 7.51. The lowest BCUT2D eigenvalue weighted by atomic mass is 10.0. The van der Waals surface area contributed by atoms with Crippen LogP contribution in [0.1, 0.15) is 50.0 Å². The second kappa shape index (κ2) is 7.84. The molecule has 0 aliphatic heterocycles. The van der Waals surface area contributed by atoms with E-state index >= 15 is 0 Å². The monoisotopic (exact) mass is 376 g/mol. The molecule has 2 aromatic carbocycles. The van der Waals surface area contributed by atoms with Crippen LogP contribution >= 0.6 is 0 Å². The molecule has 0 saturated heterocycles. The van der Waals surface area contributed by atoms with Gasteiger partial charge in [-0.3, -0.25) is 0 Å². The molecule has 6 heteroatoms. The van der Waals surface area contributed by atoms with Gasteiger partial charge in [-0.15, -0.1) is 0 Å². The molecular weight excluding hydrogens is 352 g/mol. The van der Waals surface area contributed by atoms with E-state index in [0.29, 0.717) is 23.3 Å². The van der Waals surface area contributed by atoms with Crippen molar-refractivity contribution in [2.45, 2.75) is 38.6 Å². The first-order valence-corrected chi connectivity index (χ1v) is 9.66. The van der Waals surface area contributed by atoms with E-state index in [4.69, 9.17) is 4.52 Å². The van der Waals surface area contributed by atoms with E-state index in [2.05, 4.69) is 32.9 Å². The molecule has 3 aromatic rings. The molecule has 1 aliphatic carbocycles. The van der Waals surface area contributed by atoms with Gasteiger partial charge in [-0.2, -0.15) is 4.98 Å². The number of nitrogens with one attached hydrogen (secondary N) is 2. The van der Waals surface area contributed by atoms with E-state index in [1.54, 1.807) is 0 Å². The third-order valence-electron chi connectivity index (χ3n) is 4.89. The van der Waals surface area contributed by atoms with Crippen molar-refractivity contribution >= 4 is 11.7 Å². The van der Waals surface area contributed by atoms with Crippen molar-refractivity contribution in [3.05, 3.63) is 66.0 Å². The van der Waals surface area contributed by atoms with E-state index in [9.17, 15) is 4.79 Å². The van der Waals surface area contributed by atoms with Crippen LogP contribution in [0.15, 0.2) is 59.1 Å². The third kappa shape index (κ3) is 4.22. The minimum atomic E-state index is -0.201. The lowest BCUT2D eigenvalue weighted by Crippen LogP contribution is -2.33. The van der Waals surface area contributed by atoms with Crippen LogP contribution in [0.2, 0.25) is 0 Å². The highest BCUT2D eigenvalue weighted by Crippen LogP contribution is 2.40. The fourth-order valence-electron chi connectivity index (χ4n) is 3.15. The topological polar surface area (TPSA) is 80.0 Å². The minimum Gasteiger partial charge on any atom is -0.334 e. The van der Waals surface area contributed by atoms with Gasteiger partial charge < -0.3 is 15.2 Å². The molecule has 1 heterocycles. The third-order valence-corrected chi connectivity index (χ3v) is 4.89. The molecule has 4 rings (SSSR count). The summed E-state index contributed by atoms with van der Waals surface area (Å²) in [6.45, 7) is 4.04. The number of amides is 2. The quantitative estimate of drug-likeness (QED) is 0.625. The highest BCUT2D eigenvalue weighted by atomic mass is 16.5. The average molecular weight is 376 g/mol. The summed E-state index contributed by atoms with van der Waals surface area (Å²) in [5.41, 5.74) is 2.69. The Hall–Kier alpha value is -3.15. The zero-order valence-electron chi connectivity index (χ0n) is 16.1. The first kappa shape index (κ1) is 18.2. The Balaban J connectivity index is 1.40. The van der Waals surface area contributed by atoms with Crippen molar-refractivity contribution in [2.24, 2.45) is 5.92 Å². The molecule has 2 N–H and O–H groups in total. The summed E-state index contributed by atoms with van der Waals surface area (Å²) in [4.78, 5) is 16.9. The van der Waals surface area contributed by atoms with Crippen molar-refractivity contribution in [1.82, 2.24) is 15.5 Å². The van der Waals surface area contributed by atoms with Crippen LogP contribution in [-0.4, -0.2) is 16.2 Å². The Morgan fingerprint density at radius 1 is 1.07 bits per heavy atom. The highest BCUT2D eigenvalue weighted by molar-refractivity contribution is 5.89. The Bertz CT molecular complexity index is 931. The maximum Gasteiger partial charge on any atom is 0.319 e. The fourth-order valence-corrected chi connectivity index (χ4v) is 3.15. The van der Waals surface area contributed by atoms with Crippen LogP contribution < -0.4 is 10.6 Å². The van der Waals surface area contributed by atoms with E-state index < -0.39 is 0 Å². The van der Waals surface area contributed by atoms with E-state index in [-0.39, 0.29) is 18.0 Å². The first-order valence-electron chi connectivity index (χ1n) is 9.66. The number of nitrogens with zero attached hydrogens (tertiary/aromatic N) is 2. The lowest BCUT2D eigenvalue weighted by Gasteiger charge is -2.19. The fraction of sp³-hybridized carbons (Fsp3) is 0.318. The summed E-state index contributed by atoms with van der Waals surface area (Å²) in [7, 11) is 0. The largest absolute Gasteiger partial charge is 0.334 e. The zero-order valence-corrected chi connectivity index (χ0v) is 16.1. The Kier molecular flexibility index (Phi) is 5.10. The summed E-state index contributed by atoms with van der Waals surface area (Å²) in [5, 5.41) is 10.0. The van der Waals surface area contributed by atoms with Crippen LogP contribution in [0.4, 0.5) is 10.5 Å². The Morgan fingerprint density at radius 2 is 1.79 bits per heavy atom. The average Bonchev–Trinajstić information content (AvgIpc) is 3.42. The number of hydrogen-bond acceptors (Lipinski definition) is 4. The van der Waals surface area contributed by atoms with Gasteiger partial charge in [0.2, 0.25) is 0 Å². The number of carbonyl (C=O) groups excluding carboxylic acids is 1. The van der Waals surface area contributed by atoms with Crippen LogP contribution in [0, 0.1) is 5.92 Å². The van der Waals surface area contributed by atoms with Gasteiger partial charge >= 0.3 is 6.03 Å². The normalized spacial score (nSPS) is 14.7. The molecular formula is C22H24N4O2. The van der Waals surface area contributed by atoms with E-state index in [1.165, 1.54) is 0 Å². The number of hydrogen-bond donors (Lipinski definition) is 2. The molecule has 144 valence electrons. The van der Waals surface area contributed by atoms with Crippen LogP contribution in [-0.2, 0) is 0 Å². The molecule has 6 nitrogen and oxygen atoms in total. The van der Waals surface area contributed by atoms with E-state index in [1.807, 2.05) is 56.3 Å².